The molecule has 1 aliphatic rings. The van der Waals surface area contributed by atoms with E-state index in [2.05, 4.69) is 15.5 Å². The molecule has 0 aromatic carbocycles. The number of carbonyl (C=O) groups is 1. The van der Waals surface area contributed by atoms with E-state index >= 15 is 0 Å². The first-order valence-electron chi connectivity index (χ1n) is 5.69. The summed E-state index contributed by atoms with van der Waals surface area (Å²) >= 11 is 0. The van der Waals surface area contributed by atoms with Gasteiger partial charge in [-0.05, 0) is 25.5 Å². The van der Waals surface area contributed by atoms with Gasteiger partial charge in [-0.3, -0.25) is 9.89 Å². The summed E-state index contributed by atoms with van der Waals surface area (Å²) in [5.74, 6) is -0.0571. The number of H-pyrrole nitrogens is 1. The topological polar surface area (TPSA) is 61.0 Å². The highest BCUT2D eigenvalue weighted by Gasteiger charge is 2.19. The van der Waals surface area contributed by atoms with Crippen molar-refractivity contribution in [3.05, 3.63) is 17.5 Å². The molecule has 1 aromatic heterocycles. The van der Waals surface area contributed by atoms with Crippen molar-refractivity contribution < 1.29 is 4.79 Å². The Morgan fingerprint density at radius 3 is 2.94 bits per heavy atom. The first-order valence-corrected chi connectivity index (χ1v) is 5.69. The average Bonchev–Trinajstić information content (AvgIpc) is 2.78. The van der Waals surface area contributed by atoms with Crippen LogP contribution in [-0.4, -0.2) is 41.6 Å². The maximum absolute atomic E-state index is 11.7. The summed E-state index contributed by atoms with van der Waals surface area (Å²) in [6.07, 6.45) is 3.57. The third kappa shape index (κ3) is 2.24. The van der Waals surface area contributed by atoms with E-state index in [-0.39, 0.29) is 5.91 Å². The van der Waals surface area contributed by atoms with Gasteiger partial charge in [-0.2, -0.15) is 5.10 Å². The van der Waals surface area contributed by atoms with Crippen molar-refractivity contribution >= 4 is 5.91 Å². The van der Waals surface area contributed by atoms with Gasteiger partial charge >= 0.3 is 0 Å². The summed E-state index contributed by atoms with van der Waals surface area (Å²) in [4.78, 5) is 13.2. The van der Waals surface area contributed by atoms with Gasteiger partial charge in [0.25, 0.3) is 5.91 Å². The number of aromatic amines is 1. The van der Waals surface area contributed by atoms with Crippen molar-refractivity contribution in [3.8, 4) is 0 Å². The van der Waals surface area contributed by atoms with Gasteiger partial charge < -0.3 is 10.2 Å². The van der Waals surface area contributed by atoms with Crippen molar-refractivity contribution in [2.24, 2.45) is 0 Å². The summed E-state index contributed by atoms with van der Waals surface area (Å²) in [6, 6.07) is 2.18. The zero-order valence-electron chi connectivity index (χ0n) is 9.79. The van der Waals surface area contributed by atoms with Crippen molar-refractivity contribution in [3.63, 3.8) is 0 Å². The summed E-state index contributed by atoms with van der Waals surface area (Å²) in [5, 5.41) is 10.4. The molecule has 0 radical (unpaired) electrons. The Hall–Kier alpha value is -1.36. The largest absolute Gasteiger partial charge is 0.343 e. The van der Waals surface area contributed by atoms with E-state index < -0.39 is 0 Å². The number of nitrogens with one attached hydrogen (secondary N) is 2. The van der Waals surface area contributed by atoms with Gasteiger partial charge in [0.1, 0.15) is 5.69 Å². The highest BCUT2D eigenvalue weighted by Crippen LogP contribution is 2.21. The van der Waals surface area contributed by atoms with Crippen LogP contribution in [0.2, 0.25) is 0 Å². The lowest BCUT2D eigenvalue weighted by molar-refractivity contribution is 0.0822. The lowest BCUT2D eigenvalue weighted by atomic mass is 10.0. The van der Waals surface area contributed by atoms with Crippen LogP contribution in [0.5, 0.6) is 0 Å². The van der Waals surface area contributed by atoms with Crippen LogP contribution in [0.3, 0.4) is 0 Å². The molecule has 1 aliphatic heterocycles. The monoisotopic (exact) mass is 222 g/mol. The molecule has 2 heterocycles. The fraction of sp³-hybridized carbons (Fsp3) is 0.636. The van der Waals surface area contributed by atoms with Crippen molar-refractivity contribution in [2.75, 3.05) is 20.6 Å². The zero-order valence-corrected chi connectivity index (χ0v) is 9.79. The first kappa shape index (κ1) is 11.1. The molecule has 1 fully saturated rings. The zero-order chi connectivity index (χ0) is 11.5. The number of hydrogen-bond acceptors (Lipinski definition) is 3. The number of hydrogen-bond donors (Lipinski definition) is 2. The first-order chi connectivity index (χ1) is 7.68. The molecule has 1 saturated heterocycles. The highest BCUT2D eigenvalue weighted by molar-refractivity contribution is 5.91. The molecule has 5 heteroatoms. The van der Waals surface area contributed by atoms with E-state index in [1.807, 2.05) is 6.07 Å². The molecule has 0 saturated carbocycles. The standard InChI is InChI=1S/C11H18N4O/c1-15(2)11(16)10-7-9(13-14-10)8-5-3-4-6-12-8/h7-8,12H,3-6H2,1-2H3,(H,13,14)/t8-/m1/s1. The fourth-order valence-electron chi connectivity index (χ4n) is 1.97. The second-order valence-corrected chi connectivity index (χ2v) is 4.41. The van der Waals surface area contributed by atoms with Crippen molar-refractivity contribution in [2.45, 2.75) is 25.3 Å². The van der Waals surface area contributed by atoms with E-state index in [1.165, 1.54) is 17.7 Å². The molecular weight excluding hydrogens is 204 g/mol. The SMILES string of the molecule is CN(C)C(=O)c1cc([C@H]2CCCCN2)[nH]n1. The minimum absolute atomic E-state index is 0.0571. The molecule has 1 atom stereocenters. The van der Waals surface area contributed by atoms with E-state index in [1.54, 1.807) is 14.1 Å². The molecule has 0 aliphatic carbocycles. The molecule has 88 valence electrons. The Morgan fingerprint density at radius 2 is 2.31 bits per heavy atom. The summed E-state index contributed by atoms with van der Waals surface area (Å²) < 4.78 is 0. The average molecular weight is 222 g/mol. The molecule has 5 nitrogen and oxygen atoms in total. The van der Waals surface area contributed by atoms with Gasteiger partial charge in [0.05, 0.1) is 5.69 Å². The number of rotatable bonds is 2. The molecular formula is C11H18N4O. The van der Waals surface area contributed by atoms with Crippen LogP contribution in [0, 0.1) is 0 Å². The van der Waals surface area contributed by atoms with Crippen LogP contribution in [0.25, 0.3) is 0 Å². The number of aromatic nitrogens is 2. The summed E-state index contributed by atoms with van der Waals surface area (Å²) in [5.41, 5.74) is 1.51. The summed E-state index contributed by atoms with van der Waals surface area (Å²) in [6.45, 7) is 1.04. The van der Waals surface area contributed by atoms with Gasteiger partial charge in [0, 0.05) is 20.1 Å². The van der Waals surface area contributed by atoms with Gasteiger partial charge in [-0.1, -0.05) is 6.42 Å². The molecule has 1 amide bonds. The smallest absolute Gasteiger partial charge is 0.273 e. The fourth-order valence-corrected chi connectivity index (χ4v) is 1.97. The van der Waals surface area contributed by atoms with E-state index in [0.717, 1.165) is 18.7 Å². The number of nitrogens with zero attached hydrogens (tertiary/aromatic N) is 2. The normalized spacial score (nSPS) is 20.8. The van der Waals surface area contributed by atoms with Crippen molar-refractivity contribution in [1.82, 2.24) is 20.4 Å². The van der Waals surface area contributed by atoms with Gasteiger partial charge in [-0.25, -0.2) is 0 Å². The van der Waals surface area contributed by atoms with E-state index in [9.17, 15) is 4.79 Å². The van der Waals surface area contributed by atoms with Crippen LogP contribution >= 0.6 is 0 Å². The number of piperidine rings is 1. The molecule has 2 N–H and O–H groups in total. The second kappa shape index (κ2) is 4.65. The number of carbonyl (C=O) groups excluding carboxylic acids is 1. The van der Waals surface area contributed by atoms with Crippen LogP contribution < -0.4 is 5.32 Å². The highest BCUT2D eigenvalue weighted by atomic mass is 16.2. The van der Waals surface area contributed by atoms with Crippen LogP contribution in [0.4, 0.5) is 0 Å². The Morgan fingerprint density at radius 1 is 1.50 bits per heavy atom. The third-order valence-corrected chi connectivity index (χ3v) is 2.91. The predicted octanol–water partition coefficient (Wildman–Crippen LogP) is 0.926. The van der Waals surface area contributed by atoms with Gasteiger partial charge in [0.2, 0.25) is 0 Å². The van der Waals surface area contributed by atoms with Crippen molar-refractivity contribution in [1.29, 1.82) is 0 Å². The molecule has 1 aromatic rings. The third-order valence-electron chi connectivity index (χ3n) is 2.91. The lowest BCUT2D eigenvalue weighted by Gasteiger charge is -2.21. The van der Waals surface area contributed by atoms with E-state index in [0.29, 0.717) is 11.7 Å². The predicted molar refractivity (Wildman–Crippen MR) is 61.2 cm³/mol. The van der Waals surface area contributed by atoms with Gasteiger partial charge in [0.15, 0.2) is 0 Å². The Labute approximate surface area is 95.2 Å². The molecule has 0 bridgehead atoms. The van der Waals surface area contributed by atoms with Gasteiger partial charge in [-0.15, -0.1) is 0 Å². The Bertz CT molecular complexity index is 366. The maximum Gasteiger partial charge on any atom is 0.273 e. The quantitative estimate of drug-likeness (QED) is 0.782. The number of amides is 1. The molecule has 0 spiro atoms. The lowest BCUT2D eigenvalue weighted by Crippen LogP contribution is -2.27. The maximum atomic E-state index is 11.7. The minimum atomic E-state index is -0.0571. The van der Waals surface area contributed by atoms with Crippen LogP contribution in [-0.2, 0) is 0 Å². The van der Waals surface area contributed by atoms with Crippen LogP contribution in [0.15, 0.2) is 6.07 Å². The molecule has 16 heavy (non-hydrogen) atoms. The Balaban J connectivity index is 2.09. The molecule has 0 unspecified atom stereocenters. The minimum Gasteiger partial charge on any atom is -0.343 e. The molecule has 2 rings (SSSR count). The Kier molecular flexibility index (Phi) is 3.24. The van der Waals surface area contributed by atoms with E-state index in [4.69, 9.17) is 0 Å². The second-order valence-electron chi connectivity index (χ2n) is 4.41. The van der Waals surface area contributed by atoms with Crippen LogP contribution in [0.1, 0.15) is 41.5 Å². The summed E-state index contributed by atoms with van der Waals surface area (Å²) in [7, 11) is 3.46.